The van der Waals surface area contributed by atoms with E-state index in [-0.39, 0.29) is 5.78 Å². The van der Waals surface area contributed by atoms with E-state index in [1.807, 2.05) is 4.90 Å². The fraction of sp³-hybridized carbons (Fsp3) is 0.385. The zero-order valence-corrected chi connectivity index (χ0v) is 11.9. The topological polar surface area (TPSA) is 38.8 Å². The van der Waals surface area contributed by atoms with Crippen LogP contribution < -0.4 is 4.74 Å². The number of nitrogens with zero attached hydrogens (tertiary/aromatic N) is 1. The predicted molar refractivity (Wildman–Crippen MR) is 70.5 cm³/mol. The van der Waals surface area contributed by atoms with Gasteiger partial charge in [-0.3, -0.25) is 0 Å². The molecule has 1 fully saturated rings. The Balaban J connectivity index is 2.07. The minimum atomic E-state index is 0.0135. The van der Waals surface area contributed by atoms with E-state index in [9.17, 15) is 4.79 Å². The van der Waals surface area contributed by atoms with Crippen LogP contribution in [-0.4, -0.2) is 64.2 Å². The second-order valence-corrected chi connectivity index (χ2v) is 4.77. The summed E-state index contributed by atoms with van der Waals surface area (Å²) in [5, 5.41) is 0. The van der Waals surface area contributed by atoms with Crippen LogP contribution in [0.25, 0.3) is 0 Å². The molecule has 1 aromatic carbocycles. The molecule has 0 unspecified atom stereocenters. The van der Waals surface area contributed by atoms with Crippen molar-refractivity contribution in [3.8, 4) is 5.75 Å². The molecule has 0 bridgehead atoms. The molecule has 1 aliphatic heterocycles. The van der Waals surface area contributed by atoms with Gasteiger partial charge in [-0.25, -0.2) is 0 Å². The molecule has 1 aromatic rings. The van der Waals surface area contributed by atoms with Crippen LogP contribution in [0.15, 0.2) is 24.3 Å². The summed E-state index contributed by atoms with van der Waals surface area (Å²) in [7, 11) is 1.61. The van der Waals surface area contributed by atoms with Gasteiger partial charge in [-0.15, -0.1) is 0 Å². The Morgan fingerprint density at radius 3 is 2.44 bits per heavy atom. The molecule has 0 amide bonds. The summed E-state index contributed by atoms with van der Waals surface area (Å²) >= 11 is 2.88. The van der Waals surface area contributed by atoms with Crippen LogP contribution in [0.3, 0.4) is 0 Å². The molecule has 4 nitrogen and oxygen atoms in total. The molecular formula is C13H15NO3Se. The molecule has 0 radical (unpaired) electrons. The number of rotatable bonds is 4. The van der Waals surface area contributed by atoms with E-state index in [1.54, 1.807) is 31.4 Å². The Bertz CT molecular complexity index is 438. The normalized spacial score (nSPS) is 15.3. The van der Waals surface area contributed by atoms with Crippen molar-refractivity contribution >= 4 is 25.9 Å². The first-order valence-electron chi connectivity index (χ1n) is 5.78. The van der Waals surface area contributed by atoms with Gasteiger partial charge < -0.3 is 0 Å². The van der Waals surface area contributed by atoms with Gasteiger partial charge in [0, 0.05) is 0 Å². The van der Waals surface area contributed by atoms with Gasteiger partial charge in [0.2, 0.25) is 0 Å². The Kier molecular flexibility index (Phi) is 4.53. The van der Waals surface area contributed by atoms with Crippen molar-refractivity contribution in [2.24, 2.45) is 0 Å². The van der Waals surface area contributed by atoms with Gasteiger partial charge in [0.1, 0.15) is 0 Å². The van der Waals surface area contributed by atoms with Gasteiger partial charge in [0.15, 0.2) is 0 Å². The summed E-state index contributed by atoms with van der Waals surface area (Å²) < 4.78 is 11.0. The zero-order valence-electron chi connectivity index (χ0n) is 10.2. The van der Waals surface area contributed by atoms with E-state index in [4.69, 9.17) is 9.47 Å². The predicted octanol–water partition coefficient (Wildman–Crippen LogP) is 0.508. The summed E-state index contributed by atoms with van der Waals surface area (Å²) in [5.41, 5.74) is 0.663. The average Bonchev–Trinajstić information content (AvgIpc) is 2.47. The van der Waals surface area contributed by atoms with E-state index < -0.39 is 0 Å². The van der Waals surface area contributed by atoms with Crippen LogP contribution in [-0.2, 0) is 4.74 Å². The molecule has 96 valence electrons. The second-order valence-electron chi connectivity index (χ2n) is 3.96. The third-order valence-electron chi connectivity index (χ3n) is 2.84. The number of carbonyl (C=O) groups is 1. The third kappa shape index (κ3) is 2.99. The molecule has 5 heteroatoms. The number of morpholine rings is 1. The third-order valence-corrected chi connectivity index (χ3v) is 3.78. The van der Waals surface area contributed by atoms with Gasteiger partial charge in [-0.05, 0) is 0 Å². The molecule has 0 spiro atoms. The Labute approximate surface area is 114 Å². The quantitative estimate of drug-likeness (QED) is 0.600. The SMILES string of the molecule is COc1ccc(C(=O)C(=[Se])N2CCOCC2)cc1. The van der Waals surface area contributed by atoms with Crippen molar-refractivity contribution in [1.29, 1.82) is 0 Å². The van der Waals surface area contributed by atoms with Crippen LogP contribution in [0.4, 0.5) is 0 Å². The Hall–Kier alpha value is -1.16. The first-order chi connectivity index (χ1) is 8.72. The van der Waals surface area contributed by atoms with Gasteiger partial charge in [0.25, 0.3) is 0 Å². The number of benzene rings is 1. The molecule has 0 N–H and O–H groups in total. The number of ketones is 1. The summed E-state index contributed by atoms with van der Waals surface area (Å²) in [6.07, 6.45) is 0. The molecule has 1 saturated heterocycles. The van der Waals surface area contributed by atoms with Crippen molar-refractivity contribution in [2.45, 2.75) is 0 Å². The number of hydrogen-bond acceptors (Lipinski definition) is 4. The van der Waals surface area contributed by atoms with Crippen molar-refractivity contribution in [1.82, 2.24) is 4.90 Å². The van der Waals surface area contributed by atoms with Crippen LogP contribution >= 0.6 is 0 Å². The minimum absolute atomic E-state index is 0.0135. The number of carbonyl (C=O) groups excluding carboxylic acids is 1. The van der Waals surface area contributed by atoms with Crippen LogP contribution in [0.2, 0.25) is 0 Å². The van der Waals surface area contributed by atoms with E-state index >= 15 is 0 Å². The molecule has 1 heterocycles. The first kappa shape index (κ1) is 13.3. The van der Waals surface area contributed by atoms with Crippen molar-refractivity contribution in [3.63, 3.8) is 0 Å². The van der Waals surface area contributed by atoms with E-state index in [2.05, 4.69) is 15.6 Å². The monoisotopic (exact) mass is 313 g/mol. The maximum absolute atomic E-state index is 12.3. The maximum atomic E-state index is 12.3. The standard InChI is InChI=1S/C13H15NO3Se/c1-16-11-4-2-10(3-5-11)12(15)13(18)14-6-8-17-9-7-14/h2-5H,6-9H2,1H3. The Morgan fingerprint density at radius 1 is 1.28 bits per heavy atom. The number of Topliss-reactive ketones (excluding diaryl/α,β-unsaturated/α-hetero) is 1. The average molecular weight is 312 g/mol. The number of methoxy groups -OCH3 is 1. The van der Waals surface area contributed by atoms with E-state index in [1.165, 1.54) is 0 Å². The van der Waals surface area contributed by atoms with Crippen molar-refractivity contribution in [3.05, 3.63) is 29.8 Å². The first-order valence-corrected chi connectivity index (χ1v) is 6.63. The fourth-order valence-electron chi connectivity index (χ4n) is 1.78. The summed E-state index contributed by atoms with van der Waals surface area (Å²) in [6.45, 7) is 2.84. The van der Waals surface area contributed by atoms with Gasteiger partial charge in [-0.2, -0.15) is 0 Å². The van der Waals surface area contributed by atoms with E-state index in [0.29, 0.717) is 23.3 Å². The summed E-state index contributed by atoms with van der Waals surface area (Å²) in [5.74, 6) is 0.763. The fourth-order valence-corrected chi connectivity index (χ4v) is 2.41. The van der Waals surface area contributed by atoms with E-state index in [0.717, 1.165) is 18.8 Å². The number of ether oxygens (including phenoxy) is 2. The van der Waals surface area contributed by atoms with Gasteiger partial charge in [-0.1, -0.05) is 0 Å². The van der Waals surface area contributed by atoms with Crippen LogP contribution in [0.5, 0.6) is 5.75 Å². The molecule has 0 saturated carbocycles. The molecule has 0 aromatic heterocycles. The van der Waals surface area contributed by atoms with Crippen LogP contribution in [0.1, 0.15) is 10.4 Å². The molecule has 18 heavy (non-hydrogen) atoms. The van der Waals surface area contributed by atoms with Crippen LogP contribution in [0, 0.1) is 0 Å². The number of hydrogen-bond donors (Lipinski definition) is 0. The van der Waals surface area contributed by atoms with Gasteiger partial charge >= 0.3 is 114 Å². The Morgan fingerprint density at radius 2 is 1.89 bits per heavy atom. The summed E-state index contributed by atoms with van der Waals surface area (Å²) in [4.78, 5) is 14.3. The molecule has 1 aliphatic rings. The molecule has 0 atom stereocenters. The summed E-state index contributed by atoms with van der Waals surface area (Å²) in [6, 6.07) is 7.14. The second kappa shape index (κ2) is 6.14. The van der Waals surface area contributed by atoms with Crippen molar-refractivity contribution in [2.75, 3.05) is 33.4 Å². The molecule has 0 aliphatic carbocycles. The molecular weight excluding hydrogens is 297 g/mol. The van der Waals surface area contributed by atoms with Gasteiger partial charge in [0.05, 0.1) is 0 Å². The molecule has 2 rings (SSSR count). The van der Waals surface area contributed by atoms with Crippen molar-refractivity contribution < 1.29 is 14.3 Å². The zero-order chi connectivity index (χ0) is 13.0.